The van der Waals surface area contributed by atoms with Crippen molar-refractivity contribution in [1.82, 2.24) is 4.90 Å². The summed E-state index contributed by atoms with van der Waals surface area (Å²) in [6, 6.07) is 10.9. The van der Waals surface area contributed by atoms with Crippen LogP contribution < -0.4 is 0 Å². The predicted molar refractivity (Wildman–Crippen MR) is 68.7 cm³/mol. The molecule has 0 atom stereocenters. The number of hydrogen-bond donors (Lipinski definition) is 1. The van der Waals surface area contributed by atoms with Crippen LogP contribution in [0, 0.1) is 0 Å². The second kappa shape index (κ2) is 5.57. The Hall–Kier alpha value is -0.470. The Labute approximate surface area is 97.9 Å². The second-order valence-corrected chi connectivity index (χ2v) is 4.70. The highest BCUT2D eigenvalue weighted by Gasteiger charge is 2.19. The fourth-order valence-corrected chi connectivity index (χ4v) is 2.64. The number of benzene rings is 1. The van der Waals surface area contributed by atoms with Crippen molar-refractivity contribution in [2.75, 3.05) is 25.4 Å². The maximum Gasteiger partial charge on any atom is 0.00698 e. The van der Waals surface area contributed by atoms with Gasteiger partial charge in [-0.2, -0.15) is 12.6 Å². The van der Waals surface area contributed by atoms with Crippen molar-refractivity contribution >= 4 is 12.6 Å². The molecule has 1 aliphatic heterocycles. The van der Waals surface area contributed by atoms with E-state index in [2.05, 4.69) is 47.9 Å². The van der Waals surface area contributed by atoms with E-state index in [-0.39, 0.29) is 0 Å². The molecule has 15 heavy (non-hydrogen) atoms. The van der Waals surface area contributed by atoms with Gasteiger partial charge < -0.3 is 4.90 Å². The number of rotatable bonds is 3. The van der Waals surface area contributed by atoms with Gasteiger partial charge in [0.15, 0.2) is 0 Å². The van der Waals surface area contributed by atoms with Crippen LogP contribution in [0.5, 0.6) is 0 Å². The molecule has 1 nitrogen and oxygen atoms in total. The fraction of sp³-hybridized carbons (Fsp3) is 0.538. The molecular formula is C13H19NS. The summed E-state index contributed by atoms with van der Waals surface area (Å²) in [5.74, 6) is 1.76. The number of piperidine rings is 1. The van der Waals surface area contributed by atoms with E-state index >= 15 is 0 Å². The lowest BCUT2D eigenvalue weighted by molar-refractivity contribution is 0.224. The lowest BCUT2D eigenvalue weighted by Gasteiger charge is -2.31. The molecular weight excluding hydrogens is 202 g/mol. The first-order valence-electron chi connectivity index (χ1n) is 5.78. The summed E-state index contributed by atoms with van der Waals surface area (Å²) >= 11 is 4.28. The number of nitrogens with zero attached hydrogens (tertiary/aromatic N) is 1. The van der Waals surface area contributed by atoms with Gasteiger partial charge in [-0.05, 0) is 37.4 Å². The van der Waals surface area contributed by atoms with Crippen molar-refractivity contribution in [3.8, 4) is 0 Å². The molecule has 1 aromatic carbocycles. The maximum absolute atomic E-state index is 4.28. The Kier molecular flexibility index (Phi) is 4.09. The van der Waals surface area contributed by atoms with E-state index < -0.39 is 0 Å². The molecule has 1 saturated heterocycles. The van der Waals surface area contributed by atoms with Crippen molar-refractivity contribution < 1.29 is 0 Å². The van der Waals surface area contributed by atoms with Crippen molar-refractivity contribution in [2.24, 2.45) is 0 Å². The minimum atomic E-state index is 0.780. The average molecular weight is 221 g/mol. The summed E-state index contributed by atoms with van der Waals surface area (Å²) in [7, 11) is 0. The molecule has 0 radical (unpaired) electrons. The molecule has 1 fully saturated rings. The Morgan fingerprint density at radius 1 is 1.13 bits per heavy atom. The van der Waals surface area contributed by atoms with E-state index in [1.165, 1.54) is 31.5 Å². The normalized spacial score (nSPS) is 19.3. The monoisotopic (exact) mass is 221 g/mol. The Balaban J connectivity index is 1.88. The van der Waals surface area contributed by atoms with Gasteiger partial charge in [-0.1, -0.05) is 30.3 Å². The van der Waals surface area contributed by atoms with Gasteiger partial charge in [0.2, 0.25) is 0 Å². The summed E-state index contributed by atoms with van der Waals surface area (Å²) in [4.78, 5) is 2.52. The van der Waals surface area contributed by atoms with Crippen LogP contribution in [0.25, 0.3) is 0 Å². The van der Waals surface area contributed by atoms with Gasteiger partial charge in [-0.25, -0.2) is 0 Å². The van der Waals surface area contributed by atoms with Crippen molar-refractivity contribution in [2.45, 2.75) is 18.8 Å². The zero-order chi connectivity index (χ0) is 10.5. The quantitative estimate of drug-likeness (QED) is 0.768. The highest BCUT2D eigenvalue weighted by molar-refractivity contribution is 7.80. The zero-order valence-corrected chi connectivity index (χ0v) is 10.00. The van der Waals surface area contributed by atoms with E-state index in [1.807, 2.05) is 0 Å². The maximum atomic E-state index is 4.28. The minimum absolute atomic E-state index is 0.780. The molecule has 2 rings (SSSR count). The van der Waals surface area contributed by atoms with E-state index in [0.717, 1.165) is 18.2 Å². The summed E-state index contributed by atoms with van der Waals surface area (Å²) in [6.45, 7) is 3.62. The SMILES string of the molecule is SCCN1CCC(c2ccccc2)CC1. The van der Waals surface area contributed by atoms with E-state index in [1.54, 1.807) is 0 Å². The lowest BCUT2D eigenvalue weighted by Crippen LogP contribution is -2.34. The van der Waals surface area contributed by atoms with Gasteiger partial charge in [-0.15, -0.1) is 0 Å². The molecule has 0 N–H and O–H groups in total. The van der Waals surface area contributed by atoms with Gasteiger partial charge in [0.25, 0.3) is 0 Å². The molecule has 1 heterocycles. The van der Waals surface area contributed by atoms with Crippen LogP contribution in [0.4, 0.5) is 0 Å². The molecule has 0 amide bonds. The summed E-state index contributed by atoms with van der Waals surface area (Å²) in [6.07, 6.45) is 2.61. The molecule has 1 aliphatic rings. The van der Waals surface area contributed by atoms with Gasteiger partial charge in [0.1, 0.15) is 0 Å². The van der Waals surface area contributed by atoms with E-state index in [0.29, 0.717) is 0 Å². The van der Waals surface area contributed by atoms with Crippen LogP contribution in [0.15, 0.2) is 30.3 Å². The third-order valence-corrected chi connectivity index (χ3v) is 3.47. The van der Waals surface area contributed by atoms with Gasteiger partial charge in [0.05, 0.1) is 0 Å². The first-order valence-corrected chi connectivity index (χ1v) is 6.41. The average Bonchev–Trinajstić information content (AvgIpc) is 2.32. The highest BCUT2D eigenvalue weighted by Crippen LogP contribution is 2.27. The summed E-state index contributed by atoms with van der Waals surface area (Å²) < 4.78 is 0. The first-order chi connectivity index (χ1) is 7.40. The third kappa shape index (κ3) is 2.99. The Bertz CT molecular complexity index is 278. The van der Waals surface area contributed by atoms with Crippen molar-refractivity contribution in [1.29, 1.82) is 0 Å². The second-order valence-electron chi connectivity index (χ2n) is 4.25. The summed E-state index contributed by atoms with van der Waals surface area (Å²) in [5.41, 5.74) is 1.52. The van der Waals surface area contributed by atoms with Crippen molar-refractivity contribution in [3.63, 3.8) is 0 Å². The Morgan fingerprint density at radius 2 is 1.80 bits per heavy atom. The topological polar surface area (TPSA) is 3.24 Å². The number of thiol groups is 1. The van der Waals surface area contributed by atoms with Crippen molar-refractivity contribution in [3.05, 3.63) is 35.9 Å². The van der Waals surface area contributed by atoms with E-state index in [9.17, 15) is 0 Å². The van der Waals surface area contributed by atoms with Gasteiger partial charge >= 0.3 is 0 Å². The van der Waals surface area contributed by atoms with Gasteiger partial charge in [-0.3, -0.25) is 0 Å². The molecule has 0 bridgehead atoms. The molecule has 0 aliphatic carbocycles. The first kappa shape index (κ1) is 11.0. The molecule has 0 saturated carbocycles. The molecule has 0 aromatic heterocycles. The van der Waals surface area contributed by atoms with Crippen LogP contribution in [-0.2, 0) is 0 Å². The number of hydrogen-bond acceptors (Lipinski definition) is 2. The van der Waals surface area contributed by atoms with Crippen LogP contribution in [0.2, 0.25) is 0 Å². The van der Waals surface area contributed by atoms with Crippen LogP contribution in [0.3, 0.4) is 0 Å². The van der Waals surface area contributed by atoms with Gasteiger partial charge in [0, 0.05) is 12.3 Å². The Morgan fingerprint density at radius 3 is 2.40 bits per heavy atom. The molecule has 82 valence electrons. The highest BCUT2D eigenvalue weighted by atomic mass is 32.1. The fourth-order valence-electron chi connectivity index (χ4n) is 2.36. The smallest absolute Gasteiger partial charge is 0.00698 e. The summed E-state index contributed by atoms with van der Waals surface area (Å²) in [5, 5.41) is 0. The molecule has 0 spiro atoms. The van der Waals surface area contributed by atoms with Crippen LogP contribution in [0.1, 0.15) is 24.3 Å². The third-order valence-electron chi connectivity index (χ3n) is 3.27. The largest absolute Gasteiger partial charge is 0.302 e. The molecule has 0 unspecified atom stereocenters. The molecule has 1 aromatic rings. The standard InChI is InChI=1S/C13H19NS/c15-11-10-14-8-6-13(7-9-14)12-4-2-1-3-5-12/h1-5,13,15H,6-11H2. The zero-order valence-electron chi connectivity index (χ0n) is 9.10. The van der Waals surface area contributed by atoms with E-state index in [4.69, 9.17) is 0 Å². The van der Waals surface area contributed by atoms with Crippen LogP contribution >= 0.6 is 12.6 Å². The lowest BCUT2D eigenvalue weighted by atomic mass is 9.89. The number of likely N-dealkylation sites (tertiary alicyclic amines) is 1. The predicted octanol–water partition coefficient (Wildman–Crippen LogP) is 2.80. The minimum Gasteiger partial charge on any atom is -0.302 e. The van der Waals surface area contributed by atoms with Crippen LogP contribution in [-0.4, -0.2) is 30.3 Å². The molecule has 2 heteroatoms.